The number of amides is 1. The van der Waals surface area contributed by atoms with Gasteiger partial charge < -0.3 is 15.6 Å². The minimum absolute atomic E-state index is 0.135. The first-order valence-corrected chi connectivity index (χ1v) is 6.37. The van der Waals surface area contributed by atoms with E-state index in [1.165, 1.54) is 12.3 Å². The Bertz CT molecular complexity index is 443. The van der Waals surface area contributed by atoms with Crippen molar-refractivity contribution in [3.05, 3.63) is 34.2 Å². The van der Waals surface area contributed by atoms with Crippen LogP contribution in [0.5, 0.6) is 0 Å². The third kappa shape index (κ3) is 3.20. The summed E-state index contributed by atoms with van der Waals surface area (Å²) in [6.07, 6.45) is 3.74. The standard InChI is InChI=1S/C13H19N3O2/c1-9(10-3-2-6-14-7-10)16-13(18)11-4-5-12(17)15-8-11/h4-5,8-10,14H,2-3,6-7H2,1H3,(H,15,17)(H,16,18). The van der Waals surface area contributed by atoms with Crippen LogP contribution in [0.4, 0.5) is 0 Å². The summed E-state index contributed by atoms with van der Waals surface area (Å²) in [6, 6.07) is 3.04. The van der Waals surface area contributed by atoms with Gasteiger partial charge in [-0.05, 0) is 44.8 Å². The van der Waals surface area contributed by atoms with E-state index < -0.39 is 0 Å². The van der Waals surface area contributed by atoms with Crippen molar-refractivity contribution in [1.29, 1.82) is 0 Å². The Morgan fingerprint density at radius 3 is 2.94 bits per heavy atom. The highest BCUT2D eigenvalue weighted by Gasteiger charge is 2.21. The van der Waals surface area contributed by atoms with Crippen LogP contribution in [0.25, 0.3) is 0 Å². The second-order valence-corrected chi connectivity index (χ2v) is 4.81. The number of rotatable bonds is 3. The van der Waals surface area contributed by atoms with Crippen LogP contribution >= 0.6 is 0 Å². The third-order valence-corrected chi connectivity index (χ3v) is 3.45. The molecule has 0 spiro atoms. The zero-order valence-electron chi connectivity index (χ0n) is 10.5. The number of piperidine rings is 1. The zero-order valence-corrected chi connectivity index (χ0v) is 10.5. The lowest BCUT2D eigenvalue weighted by Crippen LogP contribution is -2.44. The molecule has 0 aliphatic carbocycles. The topological polar surface area (TPSA) is 74.0 Å². The highest BCUT2D eigenvalue weighted by atomic mass is 16.2. The number of H-pyrrole nitrogens is 1. The van der Waals surface area contributed by atoms with Crippen molar-refractivity contribution in [2.24, 2.45) is 5.92 Å². The summed E-state index contributed by atoms with van der Waals surface area (Å²) in [6.45, 7) is 4.05. The van der Waals surface area contributed by atoms with Crippen molar-refractivity contribution in [3.8, 4) is 0 Å². The number of pyridine rings is 1. The van der Waals surface area contributed by atoms with Gasteiger partial charge in [-0.25, -0.2) is 0 Å². The predicted octanol–water partition coefficient (Wildman–Crippen LogP) is 0.493. The van der Waals surface area contributed by atoms with E-state index in [0.717, 1.165) is 25.9 Å². The van der Waals surface area contributed by atoms with Crippen LogP contribution in [0.3, 0.4) is 0 Å². The van der Waals surface area contributed by atoms with Crippen LogP contribution in [0, 0.1) is 5.92 Å². The maximum absolute atomic E-state index is 12.0. The molecule has 5 heteroatoms. The molecule has 18 heavy (non-hydrogen) atoms. The van der Waals surface area contributed by atoms with Gasteiger partial charge in [0.25, 0.3) is 5.91 Å². The van der Waals surface area contributed by atoms with Crippen LogP contribution < -0.4 is 16.2 Å². The summed E-state index contributed by atoms with van der Waals surface area (Å²) in [7, 11) is 0. The molecule has 0 aromatic carbocycles. The minimum Gasteiger partial charge on any atom is -0.349 e. The fourth-order valence-corrected chi connectivity index (χ4v) is 2.27. The quantitative estimate of drug-likeness (QED) is 0.730. The van der Waals surface area contributed by atoms with E-state index in [1.54, 1.807) is 6.07 Å². The predicted molar refractivity (Wildman–Crippen MR) is 69.6 cm³/mol. The highest BCUT2D eigenvalue weighted by Crippen LogP contribution is 2.14. The molecule has 0 saturated carbocycles. The van der Waals surface area contributed by atoms with Crippen LogP contribution in [0.2, 0.25) is 0 Å². The van der Waals surface area contributed by atoms with Gasteiger partial charge in [0, 0.05) is 18.3 Å². The van der Waals surface area contributed by atoms with Crippen LogP contribution in [-0.2, 0) is 0 Å². The molecule has 0 radical (unpaired) electrons. The Kier molecular flexibility index (Phi) is 4.15. The van der Waals surface area contributed by atoms with Crippen molar-refractivity contribution < 1.29 is 4.79 Å². The molecule has 1 aliphatic rings. The first-order chi connectivity index (χ1) is 8.66. The number of hydrogen-bond acceptors (Lipinski definition) is 3. The van der Waals surface area contributed by atoms with Gasteiger partial charge in [0.05, 0.1) is 5.56 Å². The van der Waals surface area contributed by atoms with E-state index in [1.807, 2.05) is 6.92 Å². The fourth-order valence-electron chi connectivity index (χ4n) is 2.27. The van der Waals surface area contributed by atoms with E-state index in [2.05, 4.69) is 15.6 Å². The molecule has 1 aliphatic heterocycles. The maximum atomic E-state index is 12.0. The average molecular weight is 249 g/mol. The molecule has 1 amide bonds. The number of carbonyl (C=O) groups excluding carboxylic acids is 1. The highest BCUT2D eigenvalue weighted by molar-refractivity contribution is 5.93. The number of aromatic amines is 1. The van der Waals surface area contributed by atoms with Gasteiger partial charge in [-0.1, -0.05) is 0 Å². The summed E-state index contributed by atoms with van der Waals surface area (Å²) >= 11 is 0. The van der Waals surface area contributed by atoms with E-state index in [4.69, 9.17) is 0 Å². The smallest absolute Gasteiger partial charge is 0.252 e. The normalized spacial score (nSPS) is 21.3. The second-order valence-electron chi connectivity index (χ2n) is 4.81. The summed E-state index contributed by atoms with van der Waals surface area (Å²) in [4.78, 5) is 25.4. The van der Waals surface area contributed by atoms with Crippen LogP contribution in [0.15, 0.2) is 23.1 Å². The van der Waals surface area contributed by atoms with Crippen LogP contribution in [-0.4, -0.2) is 30.0 Å². The Labute approximate surface area is 106 Å². The molecule has 2 heterocycles. The minimum atomic E-state index is -0.198. The molecule has 1 aromatic heterocycles. The average Bonchev–Trinajstić information content (AvgIpc) is 2.40. The van der Waals surface area contributed by atoms with Crippen LogP contribution in [0.1, 0.15) is 30.1 Å². The first kappa shape index (κ1) is 12.8. The number of hydrogen-bond donors (Lipinski definition) is 3. The molecule has 2 unspecified atom stereocenters. The Morgan fingerprint density at radius 1 is 1.50 bits per heavy atom. The molecule has 98 valence electrons. The molecule has 3 N–H and O–H groups in total. The molecule has 5 nitrogen and oxygen atoms in total. The Hall–Kier alpha value is -1.62. The number of aromatic nitrogens is 1. The molecule has 2 rings (SSSR count). The zero-order chi connectivity index (χ0) is 13.0. The fraction of sp³-hybridized carbons (Fsp3) is 0.538. The SMILES string of the molecule is CC(NC(=O)c1ccc(=O)[nH]c1)C1CCCNC1. The van der Waals surface area contributed by atoms with Gasteiger partial charge in [-0.15, -0.1) is 0 Å². The third-order valence-electron chi connectivity index (χ3n) is 3.45. The lowest BCUT2D eigenvalue weighted by Gasteiger charge is -2.28. The molecule has 1 aromatic rings. The van der Waals surface area contributed by atoms with Gasteiger partial charge in [0.15, 0.2) is 0 Å². The number of carbonyl (C=O) groups is 1. The van der Waals surface area contributed by atoms with E-state index in [0.29, 0.717) is 11.5 Å². The molecule has 2 atom stereocenters. The lowest BCUT2D eigenvalue weighted by atomic mass is 9.92. The van der Waals surface area contributed by atoms with Gasteiger partial charge in [-0.2, -0.15) is 0 Å². The van der Waals surface area contributed by atoms with Gasteiger partial charge in [0.1, 0.15) is 0 Å². The second kappa shape index (κ2) is 5.82. The lowest BCUT2D eigenvalue weighted by molar-refractivity contribution is 0.0921. The molecular formula is C13H19N3O2. The largest absolute Gasteiger partial charge is 0.349 e. The first-order valence-electron chi connectivity index (χ1n) is 6.37. The maximum Gasteiger partial charge on any atom is 0.252 e. The van der Waals surface area contributed by atoms with Crippen molar-refractivity contribution >= 4 is 5.91 Å². The van der Waals surface area contributed by atoms with Crippen molar-refractivity contribution in [2.45, 2.75) is 25.8 Å². The monoisotopic (exact) mass is 249 g/mol. The van der Waals surface area contributed by atoms with E-state index in [9.17, 15) is 9.59 Å². The van der Waals surface area contributed by atoms with Crippen molar-refractivity contribution in [2.75, 3.05) is 13.1 Å². The van der Waals surface area contributed by atoms with Gasteiger partial charge in [-0.3, -0.25) is 9.59 Å². The summed E-state index contributed by atoms with van der Waals surface area (Å²) in [5, 5.41) is 6.32. The van der Waals surface area contributed by atoms with Crippen molar-refractivity contribution in [3.63, 3.8) is 0 Å². The molecule has 0 bridgehead atoms. The van der Waals surface area contributed by atoms with Gasteiger partial charge in [0.2, 0.25) is 5.56 Å². The Balaban J connectivity index is 1.93. The molecular weight excluding hydrogens is 230 g/mol. The summed E-state index contributed by atoms with van der Waals surface area (Å²) in [5.74, 6) is 0.342. The molecule has 1 saturated heterocycles. The molecule has 1 fully saturated rings. The Morgan fingerprint density at radius 2 is 2.33 bits per heavy atom. The van der Waals surface area contributed by atoms with Crippen molar-refractivity contribution in [1.82, 2.24) is 15.6 Å². The summed E-state index contributed by atoms with van der Waals surface area (Å²) in [5.41, 5.74) is 0.293. The van der Waals surface area contributed by atoms with E-state index in [-0.39, 0.29) is 17.5 Å². The number of nitrogens with one attached hydrogen (secondary N) is 3. The van der Waals surface area contributed by atoms with Gasteiger partial charge >= 0.3 is 0 Å². The van der Waals surface area contributed by atoms with E-state index >= 15 is 0 Å². The summed E-state index contributed by atoms with van der Waals surface area (Å²) < 4.78 is 0.